The fourth-order valence-corrected chi connectivity index (χ4v) is 1.66. The largest absolute Gasteiger partial charge is 0.373 e. The lowest BCUT2D eigenvalue weighted by Crippen LogP contribution is -2.43. The van der Waals surface area contributed by atoms with Crippen LogP contribution in [0.15, 0.2) is 0 Å². The molecule has 0 amide bonds. The highest BCUT2D eigenvalue weighted by Gasteiger charge is 2.53. The van der Waals surface area contributed by atoms with Gasteiger partial charge in [-0.05, 0) is 0 Å². The van der Waals surface area contributed by atoms with Crippen molar-refractivity contribution in [1.82, 2.24) is 0 Å². The van der Waals surface area contributed by atoms with E-state index in [1.54, 1.807) is 6.92 Å². The van der Waals surface area contributed by atoms with Crippen LogP contribution in [-0.4, -0.2) is 37.6 Å². The Morgan fingerprint density at radius 2 is 2.08 bits per heavy atom. The summed E-state index contributed by atoms with van der Waals surface area (Å²) in [6.45, 7) is 2.57. The number of rotatable bonds is 5. The molecule has 0 N–H and O–H groups in total. The van der Waals surface area contributed by atoms with Crippen molar-refractivity contribution in [3.05, 3.63) is 0 Å². The van der Waals surface area contributed by atoms with E-state index in [0.717, 1.165) is 0 Å². The molecule has 2 rings (SSSR count). The maximum absolute atomic E-state index is 12.2. The van der Waals surface area contributed by atoms with E-state index < -0.39 is 5.60 Å². The Morgan fingerprint density at radius 3 is 2.46 bits per heavy atom. The highest BCUT2D eigenvalue weighted by atomic mass is 16.6. The maximum Gasteiger partial charge on any atom is 0.139 e. The highest BCUT2D eigenvalue weighted by molar-refractivity contribution is 5.00. The van der Waals surface area contributed by atoms with Crippen LogP contribution < -0.4 is 0 Å². The van der Waals surface area contributed by atoms with Crippen LogP contribution in [0, 0.1) is 5.92 Å². The summed E-state index contributed by atoms with van der Waals surface area (Å²) in [5, 5.41) is 23.0. The molecule has 2 aliphatic heterocycles. The monoisotopic (exact) mass is 186 g/mol. The average Bonchev–Trinajstić information content (AvgIpc) is 2.92. The minimum Gasteiger partial charge on any atom is -0.373 e. The van der Waals surface area contributed by atoms with Gasteiger partial charge in [-0.25, -0.2) is 10.2 Å². The topological polar surface area (TPSA) is 64.9 Å². The second-order valence-electron chi connectivity index (χ2n) is 4.00. The fourth-order valence-electron chi connectivity index (χ4n) is 1.66. The van der Waals surface area contributed by atoms with Gasteiger partial charge in [-0.3, -0.25) is 0 Å². The summed E-state index contributed by atoms with van der Waals surface area (Å²) in [6.07, 6.45) is 0.262. The van der Waals surface area contributed by atoms with Crippen LogP contribution in [0.4, 0.5) is 0 Å². The van der Waals surface area contributed by atoms with Crippen molar-refractivity contribution in [1.29, 1.82) is 0 Å². The zero-order chi connectivity index (χ0) is 9.47. The molecule has 4 heteroatoms. The van der Waals surface area contributed by atoms with Crippen LogP contribution in [0.5, 0.6) is 0 Å². The number of hydrogen-bond acceptors (Lipinski definition) is 2. The van der Waals surface area contributed by atoms with Crippen molar-refractivity contribution in [3.8, 4) is 0 Å². The quantitative estimate of drug-likeness (QED) is 0.584. The Kier molecular flexibility index (Phi) is 2.32. The van der Waals surface area contributed by atoms with Crippen molar-refractivity contribution < 1.29 is 19.7 Å². The van der Waals surface area contributed by atoms with Gasteiger partial charge in [0.25, 0.3) is 0 Å². The molecule has 4 atom stereocenters. The molecule has 0 spiro atoms. The molecule has 2 fully saturated rings. The summed E-state index contributed by atoms with van der Waals surface area (Å²) in [6, 6.07) is 0. The van der Waals surface area contributed by atoms with E-state index >= 15 is 0 Å². The van der Waals surface area contributed by atoms with Crippen molar-refractivity contribution in [2.75, 3.05) is 19.8 Å². The predicted octanol–water partition coefficient (Wildman–Crippen LogP) is 0.410. The van der Waals surface area contributed by atoms with Gasteiger partial charge in [0.15, 0.2) is 0 Å². The molecular formula is C9H14O4. The van der Waals surface area contributed by atoms with Crippen molar-refractivity contribution in [2.45, 2.75) is 31.2 Å². The molecule has 4 unspecified atom stereocenters. The SMILES string of the molecule is CC(C[O])C([O])(CC1CO1)C1CO1. The van der Waals surface area contributed by atoms with Crippen molar-refractivity contribution >= 4 is 0 Å². The third-order valence-corrected chi connectivity index (χ3v) is 2.91. The molecule has 0 aromatic heterocycles. The molecule has 74 valence electrons. The first-order valence-electron chi connectivity index (χ1n) is 4.68. The van der Waals surface area contributed by atoms with Gasteiger partial charge in [-0.2, -0.15) is 0 Å². The van der Waals surface area contributed by atoms with Gasteiger partial charge in [-0.15, -0.1) is 0 Å². The minimum atomic E-state index is -1.21. The smallest absolute Gasteiger partial charge is 0.139 e. The zero-order valence-electron chi connectivity index (χ0n) is 7.69. The van der Waals surface area contributed by atoms with Crippen LogP contribution in [0.2, 0.25) is 0 Å². The first-order chi connectivity index (χ1) is 6.16. The second-order valence-corrected chi connectivity index (χ2v) is 4.00. The number of epoxide rings is 2. The molecule has 0 aromatic rings. The van der Waals surface area contributed by atoms with E-state index in [4.69, 9.17) is 9.47 Å². The Morgan fingerprint density at radius 1 is 1.46 bits per heavy atom. The summed E-state index contributed by atoms with van der Waals surface area (Å²) >= 11 is 0. The molecule has 0 aromatic carbocycles. The third kappa shape index (κ3) is 1.86. The van der Waals surface area contributed by atoms with Crippen molar-refractivity contribution in [2.24, 2.45) is 5.92 Å². The molecule has 2 heterocycles. The summed E-state index contributed by atoms with van der Waals surface area (Å²) in [7, 11) is 0. The molecular weight excluding hydrogens is 172 g/mol. The van der Waals surface area contributed by atoms with Gasteiger partial charge in [0.2, 0.25) is 0 Å². The summed E-state index contributed by atoms with van der Waals surface area (Å²) < 4.78 is 10.0. The van der Waals surface area contributed by atoms with E-state index in [9.17, 15) is 10.2 Å². The second kappa shape index (κ2) is 3.20. The van der Waals surface area contributed by atoms with Crippen LogP contribution >= 0.6 is 0 Å². The minimum absolute atomic E-state index is 0.0794. The lowest BCUT2D eigenvalue weighted by molar-refractivity contribution is -0.119. The van der Waals surface area contributed by atoms with Gasteiger partial charge >= 0.3 is 0 Å². The first-order valence-corrected chi connectivity index (χ1v) is 4.68. The van der Waals surface area contributed by atoms with E-state index in [0.29, 0.717) is 19.6 Å². The van der Waals surface area contributed by atoms with E-state index in [-0.39, 0.29) is 24.7 Å². The number of hydrogen-bond donors (Lipinski definition) is 0. The Bertz CT molecular complexity index is 188. The third-order valence-electron chi connectivity index (χ3n) is 2.91. The molecule has 13 heavy (non-hydrogen) atoms. The zero-order valence-corrected chi connectivity index (χ0v) is 7.69. The lowest BCUT2D eigenvalue weighted by Gasteiger charge is -2.27. The van der Waals surface area contributed by atoms with Crippen LogP contribution in [0.25, 0.3) is 0 Å². The van der Waals surface area contributed by atoms with Gasteiger partial charge in [-0.1, -0.05) is 6.92 Å². The first kappa shape index (κ1) is 9.40. The molecule has 0 aliphatic carbocycles. The van der Waals surface area contributed by atoms with Gasteiger partial charge in [0.1, 0.15) is 11.7 Å². The lowest BCUT2D eigenvalue weighted by atomic mass is 9.82. The predicted molar refractivity (Wildman–Crippen MR) is 42.2 cm³/mol. The maximum atomic E-state index is 12.2. The molecule has 0 saturated carbocycles. The van der Waals surface area contributed by atoms with E-state index in [2.05, 4.69) is 0 Å². The molecule has 2 aliphatic rings. The molecule has 4 nitrogen and oxygen atoms in total. The molecule has 0 bridgehead atoms. The Labute approximate surface area is 77.5 Å². The van der Waals surface area contributed by atoms with E-state index in [1.165, 1.54) is 0 Å². The number of ether oxygens (including phenoxy) is 2. The summed E-state index contributed by atoms with van der Waals surface area (Å²) in [5.74, 6) is -0.371. The Hall–Kier alpha value is -0.160. The van der Waals surface area contributed by atoms with Crippen molar-refractivity contribution in [3.63, 3.8) is 0 Å². The van der Waals surface area contributed by atoms with Gasteiger partial charge in [0.05, 0.1) is 25.9 Å². The van der Waals surface area contributed by atoms with Gasteiger partial charge in [0, 0.05) is 12.3 Å². The fraction of sp³-hybridized carbons (Fsp3) is 1.00. The molecule has 2 saturated heterocycles. The van der Waals surface area contributed by atoms with Gasteiger partial charge < -0.3 is 9.47 Å². The van der Waals surface area contributed by atoms with Crippen LogP contribution in [0.1, 0.15) is 13.3 Å². The van der Waals surface area contributed by atoms with Crippen LogP contribution in [0.3, 0.4) is 0 Å². The summed E-state index contributed by atoms with van der Waals surface area (Å²) in [4.78, 5) is 0. The summed E-state index contributed by atoms with van der Waals surface area (Å²) in [5.41, 5.74) is -1.21. The Balaban J connectivity index is 1.98. The normalized spacial score (nSPS) is 38.1. The van der Waals surface area contributed by atoms with E-state index in [1.807, 2.05) is 0 Å². The standard InChI is InChI=1S/C9H14O4/c1-6(3-10)9(11,8-5-13-8)2-7-4-12-7/h6-8H,2-5H2,1H3. The highest BCUT2D eigenvalue weighted by Crippen LogP contribution is 2.38. The molecule has 2 radical (unpaired) electrons. The van der Waals surface area contributed by atoms with Crippen LogP contribution in [-0.2, 0) is 19.7 Å². The average molecular weight is 186 g/mol.